The highest BCUT2D eigenvalue weighted by Gasteiger charge is 2.08. The predicted octanol–water partition coefficient (Wildman–Crippen LogP) is 1.64. The summed E-state index contributed by atoms with van der Waals surface area (Å²) in [6.07, 6.45) is 0. The van der Waals surface area contributed by atoms with Crippen LogP contribution in [0.25, 0.3) is 0 Å². The minimum Gasteiger partial charge on any atom is -0.322 e. The van der Waals surface area contributed by atoms with Gasteiger partial charge in [-0.25, -0.2) is 4.39 Å². The van der Waals surface area contributed by atoms with E-state index in [0.29, 0.717) is 0 Å². The van der Waals surface area contributed by atoms with Crippen molar-refractivity contribution >= 4 is 23.2 Å². The number of benzene rings is 1. The Morgan fingerprint density at radius 2 is 2.29 bits per heavy atom. The number of anilines is 1. The van der Waals surface area contributed by atoms with E-state index in [1.54, 1.807) is 13.1 Å². The Kier molecular flexibility index (Phi) is 3.85. The average molecular weight is 217 g/mol. The molecular formula is C9H10ClFN2O. The third kappa shape index (κ3) is 2.68. The molecule has 0 unspecified atom stereocenters. The van der Waals surface area contributed by atoms with Crippen LogP contribution in [0.4, 0.5) is 10.1 Å². The third-order valence-electron chi connectivity index (χ3n) is 1.56. The molecule has 1 aromatic carbocycles. The van der Waals surface area contributed by atoms with E-state index >= 15 is 0 Å². The fraction of sp³-hybridized carbons (Fsp3) is 0.222. The van der Waals surface area contributed by atoms with E-state index in [0.717, 1.165) is 0 Å². The fourth-order valence-corrected chi connectivity index (χ4v) is 1.13. The van der Waals surface area contributed by atoms with Gasteiger partial charge in [0, 0.05) is 0 Å². The number of halogens is 2. The number of likely N-dealkylation sites (N-methyl/N-ethyl adjacent to an activating group) is 1. The molecule has 0 atom stereocenters. The molecule has 0 aliphatic rings. The zero-order valence-corrected chi connectivity index (χ0v) is 8.36. The molecule has 3 nitrogen and oxygen atoms in total. The van der Waals surface area contributed by atoms with E-state index < -0.39 is 5.82 Å². The van der Waals surface area contributed by atoms with Gasteiger partial charge in [-0.05, 0) is 19.2 Å². The highest BCUT2D eigenvalue weighted by atomic mass is 35.5. The second-order valence-electron chi connectivity index (χ2n) is 2.68. The van der Waals surface area contributed by atoms with Crippen molar-refractivity contribution in [2.75, 3.05) is 18.9 Å². The minimum absolute atomic E-state index is 0.00717. The third-order valence-corrected chi connectivity index (χ3v) is 1.85. The van der Waals surface area contributed by atoms with Gasteiger partial charge < -0.3 is 10.6 Å². The lowest BCUT2D eigenvalue weighted by atomic mass is 10.3. The zero-order valence-electron chi connectivity index (χ0n) is 7.60. The van der Waals surface area contributed by atoms with Crippen molar-refractivity contribution in [2.45, 2.75) is 0 Å². The molecule has 0 aliphatic carbocycles. The van der Waals surface area contributed by atoms with Crippen molar-refractivity contribution in [3.05, 3.63) is 29.0 Å². The van der Waals surface area contributed by atoms with Crippen molar-refractivity contribution in [1.29, 1.82) is 0 Å². The van der Waals surface area contributed by atoms with E-state index in [-0.39, 0.29) is 23.2 Å². The SMILES string of the molecule is CNCC(=O)Nc1cccc(Cl)c1F. The number of amides is 1. The quantitative estimate of drug-likeness (QED) is 0.807. The Morgan fingerprint density at radius 1 is 1.57 bits per heavy atom. The van der Waals surface area contributed by atoms with Crippen LogP contribution in [0.1, 0.15) is 0 Å². The highest BCUT2D eigenvalue weighted by molar-refractivity contribution is 6.31. The van der Waals surface area contributed by atoms with Crippen LogP contribution in [-0.2, 0) is 4.79 Å². The lowest BCUT2D eigenvalue weighted by Crippen LogP contribution is -2.25. The molecule has 0 aromatic heterocycles. The molecule has 0 spiro atoms. The molecule has 0 bridgehead atoms. The van der Waals surface area contributed by atoms with E-state index in [1.807, 2.05) is 0 Å². The molecule has 76 valence electrons. The van der Waals surface area contributed by atoms with Gasteiger partial charge in [0.25, 0.3) is 0 Å². The topological polar surface area (TPSA) is 41.1 Å². The van der Waals surface area contributed by atoms with Crippen LogP contribution in [0.5, 0.6) is 0 Å². The van der Waals surface area contributed by atoms with Crippen molar-refractivity contribution in [2.24, 2.45) is 0 Å². The van der Waals surface area contributed by atoms with Crippen LogP contribution in [0, 0.1) is 5.82 Å². The van der Waals surface area contributed by atoms with E-state index in [2.05, 4.69) is 10.6 Å². The molecule has 1 aromatic rings. The summed E-state index contributed by atoms with van der Waals surface area (Å²) in [7, 11) is 1.63. The van der Waals surface area contributed by atoms with Gasteiger partial charge in [0.2, 0.25) is 5.91 Å². The maximum atomic E-state index is 13.2. The van der Waals surface area contributed by atoms with Gasteiger partial charge in [0.1, 0.15) is 0 Å². The second kappa shape index (κ2) is 4.93. The first-order valence-electron chi connectivity index (χ1n) is 4.03. The largest absolute Gasteiger partial charge is 0.322 e. The van der Waals surface area contributed by atoms with Crippen molar-refractivity contribution in [3.8, 4) is 0 Å². The smallest absolute Gasteiger partial charge is 0.238 e. The van der Waals surface area contributed by atoms with Crippen molar-refractivity contribution < 1.29 is 9.18 Å². The molecular weight excluding hydrogens is 207 g/mol. The molecule has 5 heteroatoms. The summed E-state index contributed by atoms with van der Waals surface area (Å²) in [5.74, 6) is -0.924. The van der Waals surface area contributed by atoms with E-state index in [4.69, 9.17) is 11.6 Å². The zero-order chi connectivity index (χ0) is 10.6. The summed E-state index contributed by atoms with van der Waals surface area (Å²) < 4.78 is 13.2. The van der Waals surface area contributed by atoms with Crippen LogP contribution >= 0.6 is 11.6 Å². The van der Waals surface area contributed by atoms with E-state index in [1.165, 1.54) is 12.1 Å². The second-order valence-corrected chi connectivity index (χ2v) is 3.09. The van der Waals surface area contributed by atoms with Crippen LogP contribution in [0.3, 0.4) is 0 Å². The minimum atomic E-state index is -0.612. The van der Waals surface area contributed by atoms with Gasteiger partial charge in [0.15, 0.2) is 5.82 Å². The van der Waals surface area contributed by atoms with Gasteiger partial charge in [-0.3, -0.25) is 4.79 Å². The van der Waals surface area contributed by atoms with Gasteiger partial charge in [-0.15, -0.1) is 0 Å². The van der Waals surface area contributed by atoms with E-state index in [9.17, 15) is 9.18 Å². The number of carbonyl (C=O) groups is 1. The normalized spacial score (nSPS) is 9.93. The summed E-state index contributed by atoms with van der Waals surface area (Å²) >= 11 is 5.53. The Bertz CT molecular complexity index is 344. The summed E-state index contributed by atoms with van der Waals surface area (Å²) in [5, 5.41) is 5.04. The Morgan fingerprint density at radius 3 is 2.93 bits per heavy atom. The Balaban J connectivity index is 2.76. The lowest BCUT2D eigenvalue weighted by Gasteiger charge is -2.06. The number of carbonyl (C=O) groups excluding carboxylic acids is 1. The predicted molar refractivity (Wildman–Crippen MR) is 54.0 cm³/mol. The summed E-state index contributed by atoms with van der Waals surface area (Å²) in [5.41, 5.74) is 0.0951. The maximum Gasteiger partial charge on any atom is 0.238 e. The molecule has 0 heterocycles. The average Bonchev–Trinajstić information content (AvgIpc) is 2.13. The van der Waals surface area contributed by atoms with Crippen LogP contribution in [0.15, 0.2) is 18.2 Å². The summed E-state index contributed by atoms with van der Waals surface area (Å²) in [6, 6.07) is 4.44. The first kappa shape index (κ1) is 10.9. The number of nitrogens with one attached hydrogen (secondary N) is 2. The van der Waals surface area contributed by atoms with Crippen LogP contribution in [0.2, 0.25) is 5.02 Å². The molecule has 0 radical (unpaired) electrons. The Labute approximate surface area is 86.3 Å². The standard InChI is InChI=1S/C9H10ClFN2O/c1-12-5-8(14)13-7-4-2-3-6(10)9(7)11/h2-4,12H,5H2,1H3,(H,13,14). The van der Waals surface area contributed by atoms with Crippen LogP contribution in [-0.4, -0.2) is 19.5 Å². The van der Waals surface area contributed by atoms with Crippen molar-refractivity contribution in [3.63, 3.8) is 0 Å². The summed E-state index contributed by atoms with van der Waals surface area (Å²) in [4.78, 5) is 11.1. The molecule has 0 fully saturated rings. The van der Waals surface area contributed by atoms with Gasteiger partial charge in [-0.1, -0.05) is 17.7 Å². The number of hydrogen-bond acceptors (Lipinski definition) is 2. The molecule has 2 N–H and O–H groups in total. The lowest BCUT2D eigenvalue weighted by molar-refractivity contribution is -0.115. The van der Waals surface area contributed by atoms with Gasteiger partial charge in [0.05, 0.1) is 17.3 Å². The monoisotopic (exact) mass is 216 g/mol. The fourth-order valence-electron chi connectivity index (χ4n) is 0.955. The van der Waals surface area contributed by atoms with Crippen molar-refractivity contribution in [1.82, 2.24) is 5.32 Å². The highest BCUT2D eigenvalue weighted by Crippen LogP contribution is 2.21. The first-order valence-corrected chi connectivity index (χ1v) is 4.41. The first-order chi connectivity index (χ1) is 6.65. The maximum absolute atomic E-state index is 13.2. The molecule has 0 saturated carbocycles. The number of rotatable bonds is 3. The van der Waals surface area contributed by atoms with Gasteiger partial charge in [-0.2, -0.15) is 0 Å². The molecule has 1 rings (SSSR count). The number of hydrogen-bond donors (Lipinski definition) is 2. The van der Waals surface area contributed by atoms with Crippen LogP contribution < -0.4 is 10.6 Å². The van der Waals surface area contributed by atoms with Gasteiger partial charge >= 0.3 is 0 Å². The Hall–Kier alpha value is -1.13. The summed E-state index contributed by atoms with van der Waals surface area (Å²) in [6.45, 7) is 0.131. The molecule has 0 saturated heterocycles. The molecule has 1 amide bonds. The molecule has 0 aliphatic heterocycles. The molecule has 14 heavy (non-hydrogen) atoms.